The van der Waals surface area contributed by atoms with Crippen molar-refractivity contribution in [2.75, 3.05) is 18.4 Å². The molecule has 4 rings (SSSR count). The number of hydrogen-bond donors (Lipinski definition) is 4. The summed E-state index contributed by atoms with van der Waals surface area (Å²) in [6.45, 7) is 1.76. The number of carbonyl (C=O) groups excluding carboxylic acids is 2. The molecule has 3 aromatic heterocycles. The molecule has 4 heterocycles. The third kappa shape index (κ3) is 3.16. The summed E-state index contributed by atoms with van der Waals surface area (Å²) in [6, 6.07) is 5.60. The Morgan fingerprint density at radius 3 is 2.85 bits per heavy atom. The standard InChI is InChI=1S/C17H19N7O2/c25-16(12-9-20-24-8-2-1-3-14(12)24)22-13-10-19-23-15(13)17(26)21-11-4-6-18-7-5-11/h1-3,8-11,18H,4-7H2,(H,19,23)(H,21,26)(H,22,25). The minimum atomic E-state index is -0.344. The highest BCUT2D eigenvalue weighted by atomic mass is 16.2. The lowest BCUT2D eigenvalue weighted by molar-refractivity contribution is 0.0925. The smallest absolute Gasteiger partial charge is 0.271 e. The molecule has 9 heteroatoms. The van der Waals surface area contributed by atoms with Crippen molar-refractivity contribution in [3.8, 4) is 0 Å². The van der Waals surface area contributed by atoms with Crippen LogP contribution in [0.2, 0.25) is 0 Å². The first-order valence-corrected chi connectivity index (χ1v) is 8.51. The van der Waals surface area contributed by atoms with Gasteiger partial charge in [0.05, 0.1) is 29.2 Å². The predicted octanol–water partition coefficient (Wildman–Crippen LogP) is 0.791. The van der Waals surface area contributed by atoms with Crippen molar-refractivity contribution in [3.63, 3.8) is 0 Å². The zero-order valence-electron chi connectivity index (χ0n) is 14.0. The Hall–Kier alpha value is -3.20. The largest absolute Gasteiger partial charge is 0.348 e. The normalized spacial score (nSPS) is 15.1. The first-order chi connectivity index (χ1) is 12.7. The number of nitrogens with one attached hydrogen (secondary N) is 4. The Labute approximate surface area is 149 Å². The van der Waals surface area contributed by atoms with Gasteiger partial charge in [-0.1, -0.05) is 6.07 Å². The summed E-state index contributed by atoms with van der Waals surface area (Å²) in [6.07, 6.45) is 6.45. The first-order valence-electron chi connectivity index (χ1n) is 8.51. The van der Waals surface area contributed by atoms with Gasteiger partial charge in [-0.2, -0.15) is 10.2 Å². The van der Waals surface area contributed by atoms with E-state index >= 15 is 0 Å². The minimum Gasteiger partial charge on any atom is -0.348 e. The van der Waals surface area contributed by atoms with Crippen LogP contribution < -0.4 is 16.0 Å². The van der Waals surface area contributed by atoms with Gasteiger partial charge < -0.3 is 16.0 Å². The molecule has 0 saturated carbocycles. The van der Waals surface area contributed by atoms with Crippen molar-refractivity contribution in [1.29, 1.82) is 0 Å². The van der Waals surface area contributed by atoms with Crippen LogP contribution in [0.15, 0.2) is 36.8 Å². The fourth-order valence-electron chi connectivity index (χ4n) is 3.08. The third-order valence-corrected chi connectivity index (χ3v) is 4.46. The van der Waals surface area contributed by atoms with E-state index in [1.54, 1.807) is 10.7 Å². The maximum absolute atomic E-state index is 12.6. The van der Waals surface area contributed by atoms with Gasteiger partial charge in [-0.05, 0) is 38.1 Å². The average molecular weight is 353 g/mol. The molecule has 0 bridgehead atoms. The van der Waals surface area contributed by atoms with Crippen molar-refractivity contribution < 1.29 is 9.59 Å². The highest BCUT2D eigenvalue weighted by Crippen LogP contribution is 2.16. The number of rotatable bonds is 4. The van der Waals surface area contributed by atoms with Crippen LogP contribution in [0, 0.1) is 0 Å². The van der Waals surface area contributed by atoms with E-state index in [1.165, 1.54) is 12.4 Å². The molecule has 134 valence electrons. The van der Waals surface area contributed by atoms with Crippen LogP contribution in [-0.2, 0) is 0 Å². The van der Waals surface area contributed by atoms with Crippen LogP contribution in [0.1, 0.15) is 33.7 Å². The van der Waals surface area contributed by atoms with Crippen LogP contribution in [0.5, 0.6) is 0 Å². The molecule has 0 radical (unpaired) electrons. The highest BCUT2D eigenvalue weighted by molar-refractivity contribution is 6.11. The van der Waals surface area contributed by atoms with Gasteiger partial charge in [0, 0.05) is 12.2 Å². The molecule has 26 heavy (non-hydrogen) atoms. The van der Waals surface area contributed by atoms with E-state index in [1.807, 2.05) is 18.2 Å². The fraction of sp³-hybridized carbons (Fsp3) is 0.294. The van der Waals surface area contributed by atoms with E-state index in [0.29, 0.717) is 16.8 Å². The second-order valence-corrected chi connectivity index (χ2v) is 6.20. The number of aromatic amines is 1. The van der Waals surface area contributed by atoms with Gasteiger partial charge in [0.1, 0.15) is 5.69 Å². The van der Waals surface area contributed by atoms with Gasteiger partial charge in [0.25, 0.3) is 11.8 Å². The zero-order chi connectivity index (χ0) is 17.9. The third-order valence-electron chi connectivity index (χ3n) is 4.46. The van der Waals surface area contributed by atoms with E-state index in [2.05, 4.69) is 31.2 Å². The number of anilines is 1. The molecule has 2 amide bonds. The molecule has 0 atom stereocenters. The van der Waals surface area contributed by atoms with Crippen molar-refractivity contribution in [1.82, 2.24) is 30.4 Å². The molecular weight excluding hydrogens is 334 g/mol. The number of piperidine rings is 1. The maximum Gasteiger partial charge on any atom is 0.271 e. The first kappa shape index (κ1) is 16.3. The lowest BCUT2D eigenvalue weighted by Crippen LogP contribution is -2.43. The number of nitrogens with zero attached hydrogens (tertiary/aromatic N) is 3. The van der Waals surface area contributed by atoms with E-state index in [9.17, 15) is 9.59 Å². The summed E-state index contributed by atoms with van der Waals surface area (Å²) in [4.78, 5) is 25.1. The van der Waals surface area contributed by atoms with Gasteiger partial charge in [-0.15, -0.1) is 0 Å². The molecular formula is C17H19N7O2. The van der Waals surface area contributed by atoms with Crippen molar-refractivity contribution in [2.45, 2.75) is 18.9 Å². The van der Waals surface area contributed by atoms with Crippen molar-refractivity contribution in [2.24, 2.45) is 0 Å². The summed E-state index contributed by atoms with van der Waals surface area (Å²) < 4.78 is 1.62. The number of aromatic nitrogens is 4. The van der Waals surface area contributed by atoms with E-state index in [-0.39, 0.29) is 23.6 Å². The number of H-pyrrole nitrogens is 1. The lowest BCUT2D eigenvalue weighted by atomic mass is 10.1. The SMILES string of the molecule is O=C(NC1CCNCC1)c1[nH]ncc1NC(=O)c1cnn2ccccc12. The Morgan fingerprint density at radius 2 is 2.00 bits per heavy atom. The number of pyridine rings is 1. The Balaban J connectivity index is 1.49. The summed E-state index contributed by atoms with van der Waals surface area (Å²) in [5.41, 5.74) is 1.70. The number of fused-ring (bicyclic) bond motifs is 1. The molecule has 3 aromatic rings. The minimum absolute atomic E-state index is 0.121. The second-order valence-electron chi connectivity index (χ2n) is 6.20. The van der Waals surface area contributed by atoms with Crippen LogP contribution in [-0.4, -0.2) is 50.8 Å². The van der Waals surface area contributed by atoms with E-state index in [4.69, 9.17) is 0 Å². The van der Waals surface area contributed by atoms with Gasteiger partial charge >= 0.3 is 0 Å². The highest BCUT2D eigenvalue weighted by Gasteiger charge is 2.21. The van der Waals surface area contributed by atoms with Crippen LogP contribution in [0.4, 0.5) is 5.69 Å². The van der Waals surface area contributed by atoms with Crippen LogP contribution in [0.3, 0.4) is 0 Å². The molecule has 0 aromatic carbocycles. The zero-order valence-corrected chi connectivity index (χ0v) is 14.0. The molecule has 1 aliphatic rings. The van der Waals surface area contributed by atoms with Crippen LogP contribution in [0.25, 0.3) is 5.52 Å². The Morgan fingerprint density at radius 1 is 1.15 bits per heavy atom. The summed E-state index contributed by atoms with van der Waals surface area (Å²) in [7, 11) is 0. The van der Waals surface area contributed by atoms with Gasteiger partial charge in [0.2, 0.25) is 0 Å². The van der Waals surface area contributed by atoms with Gasteiger partial charge in [-0.3, -0.25) is 14.7 Å². The Kier molecular flexibility index (Phi) is 4.36. The number of hydrogen-bond acceptors (Lipinski definition) is 5. The molecule has 0 aliphatic carbocycles. The van der Waals surface area contributed by atoms with Gasteiger partial charge in [-0.25, -0.2) is 4.52 Å². The molecule has 9 nitrogen and oxygen atoms in total. The molecule has 1 fully saturated rings. The van der Waals surface area contributed by atoms with E-state index < -0.39 is 0 Å². The fourth-order valence-corrected chi connectivity index (χ4v) is 3.08. The topological polar surface area (TPSA) is 116 Å². The van der Waals surface area contributed by atoms with Crippen molar-refractivity contribution >= 4 is 23.0 Å². The predicted molar refractivity (Wildman–Crippen MR) is 95.1 cm³/mol. The second kappa shape index (κ2) is 6.96. The summed E-state index contributed by atoms with van der Waals surface area (Å²) in [5.74, 6) is -0.618. The lowest BCUT2D eigenvalue weighted by Gasteiger charge is -2.23. The average Bonchev–Trinajstić information content (AvgIpc) is 3.29. The van der Waals surface area contributed by atoms with E-state index in [0.717, 1.165) is 25.9 Å². The summed E-state index contributed by atoms with van der Waals surface area (Å²) >= 11 is 0. The van der Waals surface area contributed by atoms with Crippen LogP contribution >= 0.6 is 0 Å². The monoisotopic (exact) mass is 353 g/mol. The quantitative estimate of drug-likeness (QED) is 0.553. The molecule has 4 N–H and O–H groups in total. The van der Waals surface area contributed by atoms with Gasteiger partial charge in [0.15, 0.2) is 0 Å². The molecule has 0 spiro atoms. The molecule has 1 aliphatic heterocycles. The molecule has 0 unspecified atom stereocenters. The molecule has 1 saturated heterocycles. The number of amides is 2. The maximum atomic E-state index is 12.6. The van der Waals surface area contributed by atoms with Crippen molar-refractivity contribution in [3.05, 3.63) is 48.0 Å². The number of carbonyl (C=O) groups is 2. The summed E-state index contributed by atoms with van der Waals surface area (Å²) in [5, 5.41) is 19.7. The Bertz CT molecular complexity index is 939.